The highest BCUT2D eigenvalue weighted by molar-refractivity contribution is 7.10. The maximum absolute atomic E-state index is 12.1. The zero-order chi connectivity index (χ0) is 13.1. The summed E-state index contributed by atoms with van der Waals surface area (Å²) in [6.07, 6.45) is 1.45. The number of hydrogen-bond donors (Lipinski definition) is 1. The van der Waals surface area contributed by atoms with Crippen molar-refractivity contribution in [3.8, 4) is 0 Å². The Kier molecular flexibility index (Phi) is 3.62. The zero-order valence-electron chi connectivity index (χ0n) is 10.3. The molecular weight excluding hydrogens is 248 g/mol. The minimum absolute atomic E-state index is 0.0981. The molecule has 0 aliphatic heterocycles. The van der Waals surface area contributed by atoms with Crippen LogP contribution in [0.2, 0.25) is 0 Å². The normalized spacial score (nSPS) is 10.3. The molecule has 0 atom stereocenters. The van der Waals surface area contributed by atoms with Crippen LogP contribution in [0.15, 0.2) is 34.6 Å². The van der Waals surface area contributed by atoms with Gasteiger partial charge in [0, 0.05) is 24.2 Å². The lowest BCUT2D eigenvalue weighted by Gasteiger charge is -2.16. The summed E-state index contributed by atoms with van der Waals surface area (Å²) < 4.78 is 0. The third-order valence-corrected chi connectivity index (χ3v) is 3.73. The van der Waals surface area contributed by atoms with Crippen LogP contribution in [-0.4, -0.2) is 22.8 Å². The molecule has 0 aliphatic rings. The predicted octanol–water partition coefficient (Wildman–Crippen LogP) is 2.02. The number of nitrogens with one attached hydrogen (secondary N) is 1. The fourth-order valence-corrected chi connectivity index (χ4v) is 2.58. The van der Waals surface area contributed by atoms with Gasteiger partial charge in [-0.1, -0.05) is 0 Å². The minimum Gasteiger partial charge on any atom is -0.337 e. The van der Waals surface area contributed by atoms with Crippen molar-refractivity contribution in [2.24, 2.45) is 0 Å². The van der Waals surface area contributed by atoms with E-state index in [1.807, 2.05) is 18.4 Å². The van der Waals surface area contributed by atoms with E-state index in [1.165, 1.54) is 22.7 Å². The SMILES string of the molecule is Cc1ccsc1CN(C)C(=O)c1ccc(=O)[nH]c1. The van der Waals surface area contributed by atoms with Gasteiger partial charge in [0.05, 0.1) is 12.1 Å². The molecule has 0 unspecified atom stereocenters. The van der Waals surface area contributed by atoms with E-state index in [-0.39, 0.29) is 11.5 Å². The number of carbonyl (C=O) groups is 1. The van der Waals surface area contributed by atoms with E-state index in [0.717, 1.165) is 0 Å². The average Bonchev–Trinajstić information content (AvgIpc) is 2.75. The van der Waals surface area contributed by atoms with Crippen LogP contribution in [0.3, 0.4) is 0 Å². The summed E-state index contributed by atoms with van der Waals surface area (Å²) in [6, 6.07) is 4.94. The van der Waals surface area contributed by atoms with Gasteiger partial charge in [-0.2, -0.15) is 0 Å². The number of thiophene rings is 1. The number of carbonyl (C=O) groups excluding carboxylic acids is 1. The average molecular weight is 262 g/mol. The Morgan fingerprint density at radius 1 is 1.39 bits per heavy atom. The molecule has 0 saturated heterocycles. The molecule has 94 valence electrons. The molecule has 1 N–H and O–H groups in total. The van der Waals surface area contributed by atoms with Crippen LogP contribution < -0.4 is 5.56 Å². The van der Waals surface area contributed by atoms with Gasteiger partial charge in [-0.25, -0.2) is 0 Å². The lowest BCUT2D eigenvalue weighted by atomic mass is 10.2. The summed E-state index contributed by atoms with van der Waals surface area (Å²) in [5.41, 5.74) is 1.48. The number of H-pyrrole nitrogens is 1. The smallest absolute Gasteiger partial charge is 0.255 e. The summed E-state index contributed by atoms with van der Waals surface area (Å²) in [4.78, 5) is 28.4. The van der Waals surface area contributed by atoms with Crippen LogP contribution in [0.4, 0.5) is 0 Å². The van der Waals surface area contributed by atoms with Gasteiger partial charge < -0.3 is 9.88 Å². The van der Waals surface area contributed by atoms with Crippen molar-refractivity contribution in [2.75, 3.05) is 7.05 Å². The quantitative estimate of drug-likeness (QED) is 0.920. The van der Waals surface area contributed by atoms with Crippen LogP contribution in [0.5, 0.6) is 0 Å². The lowest BCUT2D eigenvalue weighted by molar-refractivity contribution is 0.0786. The molecule has 0 radical (unpaired) electrons. The van der Waals surface area contributed by atoms with Gasteiger partial charge in [0.15, 0.2) is 0 Å². The van der Waals surface area contributed by atoms with Crippen LogP contribution in [0.25, 0.3) is 0 Å². The second kappa shape index (κ2) is 5.18. The fraction of sp³-hybridized carbons (Fsp3) is 0.231. The largest absolute Gasteiger partial charge is 0.337 e. The summed E-state index contributed by atoms with van der Waals surface area (Å²) in [6.45, 7) is 2.62. The van der Waals surface area contributed by atoms with E-state index in [2.05, 4.69) is 4.98 Å². The standard InChI is InChI=1S/C13H14N2O2S/c1-9-5-6-18-11(9)8-15(2)13(17)10-3-4-12(16)14-7-10/h3-7H,8H2,1-2H3,(H,14,16). The molecule has 0 aliphatic carbocycles. The minimum atomic E-state index is -0.205. The van der Waals surface area contributed by atoms with Gasteiger partial charge >= 0.3 is 0 Å². The molecule has 0 aromatic carbocycles. The van der Waals surface area contributed by atoms with Crippen molar-refractivity contribution in [3.05, 3.63) is 56.1 Å². The summed E-state index contributed by atoms with van der Waals surface area (Å²) in [5.74, 6) is -0.0981. The first-order valence-electron chi connectivity index (χ1n) is 5.55. The maximum Gasteiger partial charge on any atom is 0.255 e. The van der Waals surface area contributed by atoms with Crippen LogP contribution in [0, 0.1) is 6.92 Å². The molecule has 0 fully saturated rings. The highest BCUT2D eigenvalue weighted by Gasteiger charge is 2.13. The van der Waals surface area contributed by atoms with Gasteiger partial charge in [0.2, 0.25) is 5.56 Å². The first kappa shape index (κ1) is 12.6. The van der Waals surface area contributed by atoms with E-state index in [9.17, 15) is 9.59 Å². The van der Waals surface area contributed by atoms with Crippen LogP contribution in [-0.2, 0) is 6.54 Å². The Hall–Kier alpha value is -1.88. The van der Waals surface area contributed by atoms with Gasteiger partial charge in [-0.05, 0) is 30.0 Å². The molecule has 2 heterocycles. The highest BCUT2D eigenvalue weighted by Crippen LogP contribution is 2.17. The Balaban J connectivity index is 2.12. The number of pyridine rings is 1. The van der Waals surface area contributed by atoms with Gasteiger partial charge in [0.1, 0.15) is 0 Å². The predicted molar refractivity (Wildman–Crippen MR) is 71.9 cm³/mol. The second-order valence-corrected chi connectivity index (χ2v) is 5.13. The van der Waals surface area contributed by atoms with Crippen molar-refractivity contribution < 1.29 is 4.79 Å². The molecule has 18 heavy (non-hydrogen) atoms. The van der Waals surface area contributed by atoms with E-state index in [4.69, 9.17) is 0 Å². The summed E-state index contributed by atoms with van der Waals surface area (Å²) in [5, 5.41) is 2.02. The zero-order valence-corrected chi connectivity index (χ0v) is 11.1. The highest BCUT2D eigenvalue weighted by atomic mass is 32.1. The van der Waals surface area contributed by atoms with Crippen LogP contribution >= 0.6 is 11.3 Å². The Bertz CT molecular complexity index is 595. The fourth-order valence-electron chi connectivity index (χ4n) is 1.62. The third kappa shape index (κ3) is 2.68. The Labute approximate surface area is 109 Å². The number of hydrogen-bond acceptors (Lipinski definition) is 3. The van der Waals surface area contributed by atoms with Crippen molar-refractivity contribution >= 4 is 17.2 Å². The monoisotopic (exact) mass is 262 g/mol. The van der Waals surface area contributed by atoms with Gasteiger partial charge in [-0.15, -0.1) is 11.3 Å². The Morgan fingerprint density at radius 2 is 2.17 bits per heavy atom. The van der Waals surface area contributed by atoms with Crippen molar-refractivity contribution in [1.82, 2.24) is 9.88 Å². The summed E-state index contributed by atoms with van der Waals surface area (Å²) >= 11 is 1.64. The number of aromatic nitrogens is 1. The second-order valence-electron chi connectivity index (χ2n) is 4.13. The first-order valence-corrected chi connectivity index (χ1v) is 6.43. The molecule has 2 aromatic heterocycles. The number of amides is 1. The molecular formula is C13H14N2O2S. The molecule has 2 rings (SSSR count). The van der Waals surface area contributed by atoms with Gasteiger partial charge in [-0.3, -0.25) is 9.59 Å². The number of nitrogens with zero attached hydrogens (tertiary/aromatic N) is 1. The number of aryl methyl sites for hydroxylation is 1. The topological polar surface area (TPSA) is 53.2 Å². The molecule has 0 saturated carbocycles. The van der Waals surface area contributed by atoms with Crippen molar-refractivity contribution in [1.29, 1.82) is 0 Å². The lowest BCUT2D eigenvalue weighted by Crippen LogP contribution is -2.26. The molecule has 1 amide bonds. The van der Waals surface area contributed by atoms with Crippen molar-refractivity contribution in [3.63, 3.8) is 0 Å². The van der Waals surface area contributed by atoms with E-state index in [1.54, 1.807) is 29.4 Å². The van der Waals surface area contributed by atoms with Crippen LogP contribution in [0.1, 0.15) is 20.8 Å². The molecule has 0 bridgehead atoms. The number of aromatic amines is 1. The third-order valence-electron chi connectivity index (χ3n) is 2.73. The van der Waals surface area contributed by atoms with Gasteiger partial charge in [0.25, 0.3) is 5.91 Å². The Morgan fingerprint density at radius 3 is 2.72 bits per heavy atom. The van der Waals surface area contributed by atoms with Crippen molar-refractivity contribution in [2.45, 2.75) is 13.5 Å². The molecule has 5 heteroatoms. The van der Waals surface area contributed by atoms with E-state index >= 15 is 0 Å². The molecule has 2 aromatic rings. The van der Waals surface area contributed by atoms with E-state index in [0.29, 0.717) is 12.1 Å². The van der Waals surface area contributed by atoms with E-state index < -0.39 is 0 Å². The molecule has 4 nitrogen and oxygen atoms in total. The first-order chi connectivity index (χ1) is 8.58. The summed E-state index contributed by atoms with van der Waals surface area (Å²) in [7, 11) is 1.76. The maximum atomic E-state index is 12.1. The molecule has 0 spiro atoms. The number of rotatable bonds is 3.